The lowest BCUT2D eigenvalue weighted by molar-refractivity contribution is 0.0952. The zero-order valence-electron chi connectivity index (χ0n) is 17.4. The molecule has 0 atom stereocenters. The second kappa shape index (κ2) is 9.82. The van der Waals surface area contributed by atoms with Crippen molar-refractivity contribution in [1.29, 1.82) is 0 Å². The highest BCUT2D eigenvalue weighted by Gasteiger charge is 2.14. The lowest BCUT2D eigenvalue weighted by Gasteiger charge is -2.12. The summed E-state index contributed by atoms with van der Waals surface area (Å²) >= 11 is 0. The van der Waals surface area contributed by atoms with Gasteiger partial charge < -0.3 is 24.4 Å². The summed E-state index contributed by atoms with van der Waals surface area (Å²) in [5.74, 6) is 1.83. The number of aromatic nitrogens is 1. The SMILES string of the molecule is COc1cc(C(=O)NCCCc2ccc(O)cc2)ccc1OCc1c(C)noc1C. The standard InChI is InChI=1S/C23H26N2O5/c1-15-20(16(2)30-25-15)14-29-21-11-8-18(13-22(21)28-3)23(27)24-12-4-5-17-6-9-19(26)10-7-17/h6-11,13,26H,4-5,12,14H2,1-3H3,(H,24,27). The van der Waals surface area contributed by atoms with Crippen LogP contribution in [0.4, 0.5) is 0 Å². The molecule has 30 heavy (non-hydrogen) atoms. The number of rotatable bonds is 9. The molecule has 0 bridgehead atoms. The quantitative estimate of drug-likeness (QED) is 0.519. The van der Waals surface area contributed by atoms with E-state index in [9.17, 15) is 9.90 Å². The van der Waals surface area contributed by atoms with Gasteiger partial charge in [0.05, 0.1) is 18.4 Å². The second-order valence-corrected chi connectivity index (χ2v) is 6.98. The molecule has 0 saturated carbocycles. The van der Waals surface area contributed by atoms with Crippen molar-refractivity contribution < 1.29 is 23.9 Å². The molecular weight excluding hydrogens is 384 g/mol. The molecule has 0 radical (unpaired) electrons. The van der Waals surface area contributed by atoms with Crippen molar-refractivity contribution in [2.24, 2.45) is 0 Å². The molecule has 3 aromatic rings. The number of carbonyl (C=O) groups is 1. The van der Waals surface area contributed by atoms with E-state index < -0.39 is 0 Å². The average molecular weight is 410 g/mol. The minimum absolute atomic E-state index is 0.170. The highest BCUT2D eigenvalue weighted by atomic mass is 16.5. The maximum atomic E-state index is 12.5. The van der Waals surface area contributed by atoms with Crippen LogP contribution in [-0.2, 0) is 13.0 Å². The fraction of sp³-hybridized carbons (Fsp3) is 0.304. The summed E-state index contributed by atoms with van der Waals surface area (Å²) in [6.07, 6.45) is 1.62. The van der Waals surface area contributed by atoms with E-state index in [0.29, 0.717) is 30.2 Å². The Morgan fingerprint density at radius 1 is 1.13 bits per heavy atom. The predicted octanol–water partition coefficient (Wildman–Crippen LogP) is 3.95. The number of ether oxygens (including phenoxy) is 2. The monoisotopic (exact) mass is 410 g/mol. The smallest absolute Gasteiger partial charge is 0.251 e. The van der Waals surface area contributed by atoms with E-state index in [0.717, 1.165) is 35.4 Å². The summed E-state index contributed by atoms with van der Waals surface area (Å²) in [6.45, 7) is 4.55. The van der Waals surface area contributed by atoms with Crippen LogP contribution in [0.3, 0.4) is 0 Å². The summed E-state index contributed by atoms with van der Waals surface area (Å²) in [4.78, 5) is 12.5. The summed E-state index contributed by atoms with van der Waals surface area (Å²) in [5.41, 5.74) is 3.30. The summed E-state index contributed by atoms with van der Waals surface area (Å²) in [6, 6.07) is 12.2. The van der Waals surface area contributed by atoms with Crippen LogP contribution < -0.4 is 14.8 Å². The van der Waals surface area contributed by atoms with Gasteiger partial charge in [0.15, 0.2) is 11.5 Å². The third kappa shape index (κ3) is 5.31. The largest absolute Gasteiger partial charge is 0.508 e. The molecule has 0 spiro atoms. The molecule has 1 amide bonds. The highest BCUT2D eigenvalue weighted by molar-refractivity contribution is 5.94. The number of carbonyl (C=O) groups excluding carboxylic acids is 1. The first-order chi connectivity index (χ1) is 14.5. The fourth-order valence-electron chi connectivity index (χ4n) is 3.05. The number of hydrogen-bond acceptors (Lipinski definition) is 6. The van der Waals surface area contributed by atoms with Gasteiger partial charge in [-0.15, -0.1) is 0 Å². The van der Waals surface area contributed by atoms with Crippen LogP contribution in [-0.4, -0.2) is 29.8 Å². The van der Waals surface area contributed by atoms with Crippen LogP contribution in [0.15, 0.2) is 47.0 Å². The number of aryl methyl sites for hydroxylation is 3. The number of hydrogen-bond donors (Lipinski definition) is 2. The first-order valence-corrected chi connectivity index (χ1v) is 9.76. The Labute approximate surface area is 175 Å². The maximum Gasteiger partial charge on any atom is 0.251 e. The number of aromatic hydroxyl groups is 1. The van der Waals surface area contributed by atoms with Crippen molar-refractivity contribution in [3.63, 3.8) is 0 Å². The minimum Gasteiger partial charge on any atom is -0.508 e. The van der Waals surface area contributed by atoms with E-state index in [2.05, 4.69) is 10.5 Å². The van der Waals surface area contributed by atoms with Crippen molar-refractivity contribution in [1.82, 2.24) is 10.5 Å². The Morgan fingerprint density at radius 2 is 1.90 bits per heavy atom. The lowest BCUT2D eigenvalue weighted by atomic mass is 10.1. The first kappa shape index (κ1) is 21.2. The lowest BCUT2D eigenvalue weighted by Crippen LogP contribution is -2.24. The van der Waals surface area contributed by atoms with Crippen molar-refractivity contribution in [3.8, 4) is 17.2 Å². The van der Waals surface area contributed by atoms with E-state index in [1.54, 1.807) is 30.3 Å². The molecule has 0 fully saturated rings. The van der Waals surface area contributed by atoms with Gasteiger partial charge in [-0.3, -0.25) is 4.79 Å². The van der Waals surface area contributed by atoms with Crippen LogP contribution in [0.5, 0.6) is 17.2 Å². The number of phenolic OH excluding ortho intramolecular Hbond substituents is 1. The van der Waals surface area contributed by atoms with E-state index in [-0.39, 0.29) is 11.7 Å². The molecule has 158 valence electrons. The number of amides is 1. The van der Waals surface area contributed by atoms with E-state index in [4.69, 9.17) is 14.0 Å². The van der Waals surface area contributed by atoms with Gasteiger partial charge in [-0.2, -0.15) is 0 Å². The van der Waals surface area contributed by atoms with E-state index >= 15 is 0 Å². The molecule has 0 unspecified atom stereocenters. The maximum absolute atomic E-state index is 12.5. The number of methoxy groups -OCH3 is 1. The van der Waals surface area contributed by atoms with Gasteiger partial charge in [0.25, 0.3) is 5.91 Å². The summed E-state index contributed by atoms with van der Waals surface area (Å²) in [5, 5.41) is 16.1. The van der Waals surface area contributed by atoms with Crippen LogP contribution >= 0.6 is 0 Å². The third-order valence-corrected chi connectivity index (χ3v) is 4.84. The molecule has 7 heteroatoms. The van der Waals surface area contributed by atoms with Gasteiger partial charge in [-0.25, -0.2) is 0 Å². The van der Waals surface area contributed by atoms with E-state index in [1.165, 1.54) is 7.11 Å². The minimum atomic E-state index is -0.170. The van der Waals surface area contributed by atoms with Crippen molar-refractivity contribution in [2.75, 3.05) is 13.7 Å². The molecular formula is C23H26N2O5. The van der Waals surface area contributed by atoms with Gasteiger partial charge >= 0.3 is 0 Å². The fourth-order valence-corrected chi connectivity index (χ4v) is 3.05. The second-order valence-electron chi connectivity index (χ2n) is 6.98. The number of phenols is 1. The molecule has 2 aromatic carbocycles. The Bertz CT molecular complexity index is 976. The van der Waals surface area contributed by atoms with Crippen molar-refractivity contribution >= 4 is 5.91 Å². The zero-order valence-corrected chi connectivity index (χ0v) is 17.4. The van der Waals surface area contributed by atoms with Gasteiger partial charge in [0.1, 0.15) is 18.1 Å². The van der Waals surface area contributed by atoms with Crippen LogP contribution in [0, 0.1) is 13.8 Å². The Kier molecular flexibility index (Phi) is 6.95. The third-order valence-electron chi connectivity index (χ3n) is 4.84. The zero-order chi connectivity index (χ0) is 21.5. The normalized spacial score (nSPS) is 10.6. The van der Waals surface area contributed by atoms with Crippen LogP contribution in [0.25, 0.3) is 0 Å². The van der Waals surface area contributed by atoms with Crippen molar-refractivity contribution in [2.45, 2.75) is 33.3 Å². The van der Waals surface area contributed by atoms with Gasteiger partial charge in [-0.05, 0) is 62.6 Å². The molecule has 0 aliphatic rings. The number of nitrogens with zero attached hydrogens (tertiary/aromatic N) is 1. The topological polar surface area (TPSA) is 93.8 Å². The molecule has 0 saturated heterocycles. The van der Waals surface area contributed by atoms with Gasteiger partial charge in [0.2, 0.25) is 0 Å². The Morgan fingerprint density at radius 3 is 2.57 bits per heavy atom. The summed E-state index contributed by atoms with van der Waals surface area (Å²) < 4.78 is 16.4. The predicted molar refractivity (Wildman–Crippen MR) is 112 cm³/mol. The van der Waals surface area contributed by atoms with E-state index in [1.807, 2.05) is 26.0 Å². The number of benzene rings is 2. The average Bonchev–Trinajstić information content (AvgIpc) is 3.08. The van der Waals surface area contributed by atoms with Crippen LogP contribution in [0.2, 0.25) is 0 Å². The first-order valence-electron chi connectivity index (χ1n) is 9.76. The molecule has 1 aromatic heterocycles. The molecule has 0 aliphatic heterocycles. The summed E-state index contributed by atoms with van der Waals surface area (Å²) in [7, 11) is 1.54. The molecule has 1 heterocycles. The Balaban J connectivity index is 1.54. The molecule has 0 aliphatic carbocycles. The number of nitrogens with one attached hydrogen (secondary N) is 1. The van der Waals surface area contributed by atoms with Gasteiger partial charge in [-0.1, -0.05) is 17.3 Å². The highest BCUT2D eigenvalue weighted by Crippen LogP contribution is 2.29. The van der Waals surface area contributed by atoms with Gasteiger partial charge in [0, 0.05) is 12.1 Å². The van der Waals surface area contributed by atoms with Crippen LogP contribution in [0.1, 0.15) is 39.4 Å². The van der Waals surface area contributed by atoms with Crippen molar-refractivity contribution in [3.05, 3.63) is 70.6 Å². The Hall–Kier alpha value is -3.48. The molecule has 7 nitrogen and oxygen atoms in total. The molecule has 3 rings (SSSR count). The molecule has 2 N–H and O–H groups in total.